The molecule has 0 aliphatic heterocycles. The van der Waals surface area contributed by atoms with Crippen molar-refractivity contribution in [3.63, 3.8) is 0 Å². The highest BCUT2D eigenvalue weighted by molar-refractivity contribution is 9.10. The molecule has 0 fully saturated rings. The molecule has 0 bridgehead atoms. The number of halogens is 1. The quantitative estimate of drug-likeness (QED) is 0.841. The van der Waals surface area contributed by atoms with Crippen molar-refractivity contribution >= 4 is 15.9 Å². The van der Waals surface area contributed by atoms with Crippen molar-refractivity contribution in [3.8, 4) is 0 Å². The summed E-state index contributed by atoms with van der Waals surface area (Å²) in [6.45, 7) is 2.48. The second-order valence-corrected chi connectivity index (χ2v) is 4.78. The predicted molar refractivity (Wildman–Crippen MR) is 66.1 cm³/mol. The Morgan fingerprint density at radius 3 is 2.50 bits per heavy atom. The third-order valence-electron chi connectivity index (χ3n) is 2.42. The normalized spacial score (nSPS) is 14.8. The van der Waals surface area contributed by atoms with Gasteiger partial charge < -0.3 is 14.9 Å². The molecular formula is C12H17BrO3. The molecule has 0 unspecified atom stereocenters. The first-order valence-electron chi connectivity index (χ1n) is 5.24. The van der Waals surface area contributed by atoms with Crippen molar-refractivity contribution < 1.29 is 14.9 Å². The molecule has 2 atom stereocenters. The van der Waals surface area contributed by atoms with Crippen molar-refractivity contribution in [3.05, 3.63) is 34.3 Å². The van der Waals surface area contributed by atoms with Crippen LogP contribution in [0.3, 0.4) is 0 Å². The number of hydrogen-bond donors (Lipinski definition) is 2. The molecule has 0 saturated carbocycles. The van der Waals surface area contributed by atoms with E-state index in [4.69, 9.17) is 9.84 Å². The van der Waals surface area contributed by atoms with Crippen LogP contribution in [0.15, 0.2) is 28.7 Å². The number of ether oxygens (including phenoxy) is 1. The minimum Gasteiger partial charge on any atom is -0.396 e. The fourth-order valence-electron chi connectivity index (χ4n) is 1.16. The first kappa shape index (κ1) is 13.6. The lowest BCUT2D eigenvalue weighted by Crippen LogP contribution is -2.26. The lowest BCUT2D eigenvalue weighted by Gasteiger charge is -2.16. The Kier molecular flexibility index (Phi) is 5.98. The van der Waals surface area contributed by atoms with Gasteiger partial charge in [0, 0.05) is 17.0 Å². The van der Waals surface area contributed by atoms with Gasteiger partial charge in [0.1, 0.15) is 0 Å². The molecule has 4 heteroatoms. The van der Waals surface area contributed by atoms with Gasteiger partial charge in [-0.1, -0.05) is 35.0 Å². The van der Waals surface area contributed by atoms with Crippen LogP contribution in [0.5, 0.6) is 0 Å². The second-order valence-electron chi connectivity index (χ2n) is 3.87. The number of hydrogen-bond acceptors (Lipinski definition) is 3. The summed E-state index contributed by atoms with van der Waals surface area (Å²) < 4.78 is 6.40. The average molecular weight is 289 g/mol. The summed E-state index contributed by atoms with van der Waals surface area (Å²) in [5.74, 6) is -0.148. The first-order chi connectivity index (χ1) is 7.63. The molecule has 3 nitrogen and oxygen atoms in total. The van der Waals surface area contributed by atoms with Crippen molar-refractivity contribution in [2.75, 3.05) is 13.2 Å². The van der Waals surface area contributed by atoms with Gasteiger partial charge in [0.25, 0.3) is 0 Å². The number of aliphatic hydroxyl groups is 2. The first-order valence-corrected chi connectivity index (χ1v) is 6.04. The second kappa shape index (κ2) is 7.01. The predicted octanol–water partition coefficient (Wildman–Crippen LogP) is 1.95. The van der Waals surface area contributed by atoms with E-state index in [1.165, 1.54) is 0 Å². The number of rotatable bonds is 6. The van der Waals surface area contributed by atoms with E-state index in [0.717, 1.165) is 10.0 Å². The molecule has 90 valence electrons. The Bertz CT molecular complexity index is 300. The van der Waals surface area contributed by atoms with Crippen LogP contribution in [0.4, 0.5) is 0 Å². The number of benzene rings is 1. The van der Waals surface area contributed by atoms with Crippen LogP contribution in [-0.4, -0.2) is 29.5 Å². The molecule has 1 rings (SSSR count). The summed E-state index contributed by atoms with van der Waals surface area (Å²) in [5.41, 5.74) is 1.06. The highest BCUT2D eigenvalue weighted by Gasteiger charge is 2.12. The van der Waals surface area contributed by atoms with E-state index in [9.17, 15) is 5.11 Å². The van der Waals surface area contributed by atoms with Crippen LogP contribution < -0.4 is 0 Å². The molecule has 0 radical (unpaired) electrons. The van der Waals surface area contributed by atoms with Gasteiger partial charge in [0.2, 0.25) is 0 Å². The van der Waals surface area contributed by atoms with Gasteiger partial charge in [-0.25, -0.2) is 0 Å². The van der Waals surface area contributed by atoms with E-state index in [1.807, 2.05) is 24.3 Å². The van der Waals surface area contributed by atoms with Crippen molar-refractivity contribution in [1.82, 2.24) is 0 Å². The van der Waals surface area contributed by atoms with Gasteiger partial charge in [-0.05, 0) is 17.7 Å². The molecule has 1 aromatic rings. The average Bonchev–Trinajstić information content (AvgIpc) is 2.30. The fourth-order valence-corrected chi connectivity index (χ4v) is 1.43. The van der Waals surface area contributed by atoms with Gasteiger partial charge in [0.05, 0.1) is 19.3 Å². The van der Waals surface area contributed by atoms with Crippen molar-refractivity contribution in [2.24, 2.45) is 5.92 Å². The summed E-state index contributed by atoms with van der Waals surface area (Å²) >= 11 is 3.36. The molecule has 0 saturated heterocycles. The Balaban J connectivity index is 2.27. The highest BCUT2D eigenvalue weighted by atomic mass is 79.9. The summed E-state index contributed by atoms with van der Waals surface area (Å²) in [6, 6.07) is 7.83. The van der Waals surface area contributed by atoms with Crippen LogP contribution in [0, 0.1) is 5.92 Å². The third-order valence-corrected chi connectivity index (χ3v) is 2.94. The molecule has 0 aromatic heterocycles. The van der Waals surface area contributed by atoms with Crippen LogP contribution in [0.25, 0.3) is 0 Å². The standard InChI is InChI=1S/C12H17BrO3/c1-9(6-14)12(15)8-16-7-10-2-4-11(13)5-3-10/h2-5,9,12,14-15H,6-8H2,1H3/t9-,12-/m1/s1. The van der Waals surface area contributed by atoms with Crippen molar-refractivity contribution in [2.45, 2.75) is 19.6 Å². The summed E-state index contributed by atoms with van der Waals surface area (Å²) in [6.07, 6.45) is -0.611. The lowest BCUT2D eigenvalue weighted by atomic mass is 10.1. The molecule has 0 amide bonds. The Morgan fingerprint density at radius 2 is 1.94 bits per heavy atom. The Morgan fingerprint density at radius 1 is 1.31 bits per heavy atom. The monoisotopic (exact) mass is 288 g/mol. The summed E-state index contributed by atoms with van der Waals surface area (Å²) in [4.78, 5) is 0. The zero-order valence-electron chi connectivity index (χ0n) is 9.27. The minimum atomic E-state index is -0.611. The maximum absolute atomic E-state index is 9.55. The van der Waals surface area contributed by atoms with Gasteiger partial charge in [-0.3, -0.25) is 0 Å². The van der Waals surface area contributed by atoms with Crippen LogP contribution in [0.2, 0.25) is 0 Å². The van der Waals surface area contributed by atoms with Crippen LogP contribution in [-0.2, 0) is 11.3 Å². The number of aliphatic hydroxyl groups excluding tert-OH is 2. The van der Waals surface area contributed by atoms with E-state index in [2.05, 4.69) is 15.9 Å². The van der Waals surface area contributed by atoms with E-state index in [1.54, 1.807) is 6.92 Å². The fraction of sp³-hybridized carbons (Fsp3) is 0.500. The largest absolute Gasteiger partial charge is 0.396 e. The topological polar surface area (TPSA) is 49.7 Å². The van der Waals surface area contributed by atoms with Crippen LogP contribution >= 0.6 is 15.9 Å². The van der Waals surface area contributed by atoms with Gasteiger partial charge in [-0.15, -0.1) is 0 Å². The molecular weight excluding hydrogens is 272 g/mol. The Hall–Kier alpha value is -0.420. The highest BCUT2D eigenvalue weighted by Crippen LogP contribution is 2.11. The zero-order chi connectivity index (χ0) is 12.0. The van der Waals surface area contributed by atoms with Crippen LogP contribution in [0.1, 0.15) is 12.5 Å². The molecule has 1 aromatic carbocycles. The Labute approximate surface area is 104 Å². The maximum Gasteiger partial charge on any atom is 0.0821 e. The smallest absolute Gasteiger partial charge is 0.0821 e. The summed E-state index contributed by atoms with van der Waals surface area (Å²) in [5, 5.41) is 18.4. The molecule has 0 aliphatic carbocycles. The molecule has 2 N–H and O–H groups in total. The molecule has 0 heterocycles. The van der Waals surface area contributed by atoms with Crippen molar-refractivity contribution in [1.29, 1.82) is 0 Å². The van der Waals surface area contributed by atoms with E-state index >= 15 is 0 Å². The van der Waals surface area contributed by atoms with E-state index in [0.29, 0.717) is 6.61 Å². The van der Waals surface area contributed by atoms with E-state index in [-0.39, 0.29) is 19.1 Å². The molecule has 0 spiro atoms. The molecule has 16 heavy (non-hydrogen) atoms. The lowest BCUT2D eigenvalue weighted by molar-refractivity contribution is -0.0109. The summed E-state index contributed by atoms with van der Waals surface area (Å²) in [7, 11) is 0. The van der Waals surface area contributed by atoms with Gasteiger partial charge in [-0.2, -0.15) is 0 Å². The third kappa shape index (κ3) is 4.61. The maximum atomic E-state index is 9.55. The van der Waals surface area contributed by atoms with Gasteiger partial charge in [0.15, 0.2) is 0 Å². The minimum absolute atomic E-state index is 0.0250. The molecule has 0 aliphatic rings. The van der Waals surface area contributed by atoms with Gasteiger partial charge >= 0.3 is 0 Å². The van der Waals surface area contributed by atoms with E-state index < -0.39 is 6.10 Å². The SMILES string of the molecule is C[C@H](CO)[C@H](O)COCc1ccc(Br)cc1. The zero-order valence-corrected chi connectivity index (χ0v) is 10.9.